The van der Waals surface area contributed by atoms with Gasteiger partial charge in [-0.3, -0.25) is 4.79 Å². The van der Waals surface area contributed by atoms with Crippen molar-refractivity contribution in [1.29, 1.82) is 0 Å². The number of hydrogen-bond donors (Lipinski definition) is 2. The summed E-state index contributed by atoms with van der Waals surface area (Å²) in [5.41, 5.74) is 2.11. The first-order chi connectivity index (χ1) is 11.8. The molecule has 2 fully saturated rings. The van der Waals surface area contributed by atoms with Crippen LogP contribution in [-0.2, 0) is 9.53 Å². The number of nitrogens with zero attached hydrogens (tertiary/aromatic N) is 1. The van der Waals surface area contributed by atoms with Gasteiger partial charge in [0.2, 0.25) is 5.91 Å². The SMILES string of the molecule is O=C(CNC[C@@H]1CCCO1)Nc1ccc(N2CCCCCC2)cc1. The van der Waals surface area contributed by atoms with Crippen molar-refractivity contribution in [3.8, 4) is 0 Å². The van der Waals surface area contributed by atoms with Gasteiger partial charge in [-0.2, -0.15) is 0 Å². The molecule has 2 heterocycles. The second kappa shape index (κ2) is 9.04. The Morgan fingerprint density at radius 1 is 1.08 bits per heavy atom. The molecule has 1 aromatic rings. The molecule has 2 N–H and O–H groups in total. The summed E-state index contributed by atoms with van der Waals surface area (Å²) in [6, 6.07) is 8.22. The van der Waals surface area contributed by atoms with Crippen LogP contribution in [0.2, 0.25) is 0 Å². The van der Waals surface area contributed by atoms with Crippen LogP contribution in [0, 0.1) is 0 Å². The van der Waals surface area contributed by atoms with Gasteiger partial charge >= 0.3 is 0 Å². The lowest BCUT2D eigenvalue weighted by molar-refractivity contribution is -0.115. The molecule has 0 unspecified atom stereocenters. The van der Waals surface area contributed by atoms with Gasteiger partial charge in [0, 0.05) is 37.6 Å². The summed E-state index contributed by atoms with van der Waals surface area (Å²) in [5, 5.41) is 6.12. The molecule has 0 bridgehead atoms. The van der Waals surface area contributed by atoms with Crippen molar-refractivity contribution in [2.24, 2.45) is 0 Å². The van der Waals surface area contributed by atoms with Crippen LogP contribution in [0.5, 0.6) is 0 Å². The van der Waals surface area contributed by atoms with E-state index in [1.54, 1.807) is 0 Å². The third kappa shape index (κ3) is 5.21. The second-order valence-electron chi connectivity index (χ2n) is 6.76. The molecule has 1 amide bonds. The minimum absolute atomic E-state index is 0.00415. The quantitative estimate of drug-likeness (QED) is 0.842. The Kier molecular flexibility index (Phi) is 6.49. The number of amides is 1. The van der Waals surface area contributed by atoms with Gasteiger partial charge in [0.05, 0.1) is 12.6 Å². The van der Waals surface area contributed by atoms with Crippen LogP contribution >= 0.6 is 0 Å². The molecule has 0 radical (unpaired) electrons. The second-order valence-corrected chi connectivity index (χ2v) is 6.76. The van der Waals surface area contributed by atoms with E-state index in [0.717, 1.165) is 44.8 Å². The zero-order valence-electron chi connectivity index (χ0n) is 14.4. The predicted octanol–water partition coefficient (Wildman–Crippen LogP) is 2.77. The molecule has 0 aliphatic carbocycles. The average Bonchev–Trinajstić information content (AvgIpc) is 2.96. The number of ether oxygens (including phenoxy) is 1. The summed E-state index contributed by atoms with van der Waals surface area (Å²) in [6.45, 7) is 4.20. The van der Waals surface area contributed by atoms with Crippen LogP contribution in [0.25, 0.3) is 0 Å². The maximum Gasteiger partial charge on any atom is 0.238 e. The fraction of sp³-hybridized carbons (Fsp3) is 0.632. The molecule has 132 valence electrons. The predicted molar refractivity (Wildman–Crippen MR) is 97.6 cm³/mol. The van der Waals surface area contributed by atoms with Gasteiger partial charge < -0.3 is 20.3 Å². The molecule has 5 heteroatoms. The number of nitrogens with one attached hydrogen (secondary N) is 2. The monoisotopic (exact) mass is 331 g/mol. The highest BCUT2D eigenvalue weighted by atomic mass is 16.5. The van der Waals surface area contributed by atoms with E-state index in [1.165, 1.54) is 31.4 Å². The van der Waals surface area contributed by atoms with Gasteiger partial charge in [-0.1, -0.05) is 12.8 Å². The van der Waals surface area contributed by atoms with Crippen molar-refractivity contribution in [1.82, 2.24) is 5.32 Å². The van der Waals surface area contributed by atoms with Crippen molar-refractivity contribution in [3.05, 3.63) is 24.3 Å². The normalized spacial score (nSPS) is 21.5. The van der Waals surface area contributed by atoms with E-state index in [2.05, 4.69) is 27.7 Å². The molecule has 0 saturated carbocycles. The maximum absolute atomic E-state index is 12.0. The largest absolute Gasteiger partial charge is 0.377 e. The smallest absolute Gasteiger partial charge is 0.238 e. The summed E-state index contributed by atoms with van der Waals surface area (Å²) < 4.78 is 5.53. The van der Waals surface area contributed by atoms with Gasteiger partial charge in [0.15, 0.2) is 0 Å². The van der Waals surface area contributed by atoms with Crippen LogP contribution in [0.1, 0.15) is 38.5 Å². The third-order valence-electron chi connectivity index (χ3n) is 4.80. The lowest BCUT2D eigenvalue weighted by Crippen LogP contribution is -2.33. The van der Waals surface area contributed by atoms with Crippen LogP contribution in [0.4, 0.5) is 11.4 Å². The molecular formula is C19H29N3O2. The first-order valence-electron chi connectivity index (χ1n) is 9.28. The molecule has 2 aliphatic rings. The Morgan fingerprint density at radius 2 is 1.83 bits per heavy atom. The van der Waals surface area contributed by atoms with E-state index in [4.69, 9.17) is 4.74 Å². The van der Waals surface area contributed by atoms with Crippen molar-refractivity contribution in [3.63, 3.8) is 0 Å². The van der Waals surface area contributed by atoms with Crippen molar-refractivity contribution < 1.29 is 9.53 Å². The van der Waals surface area contributed by atoms with Gasteiger partial charge in [-0.15, -0.1) is 0 Å². The molecule has 0 aromatic heterocycles. The molecular weight excluding hydrogens is 302 g/mol. The van der Waals surface area contributed by atoms with Crippen LogP contribution in [0.15, 0.2) is 24.3 Å². The number of hydrogen-bond acceptors (Lipinski definition) is 4. The Morgan fingerprint density at radius 3 is 2.50 bits per heavy atom. The van der Waals surface area contributed by atoms with E-state index in [1.807, 2.05) is 12.1 Å². The summed E-state index contributed by atoms with van der Waals surface area (Å²) in [4.78, 5) is 14.4. The molecule has 1 aromatic carbocycles. The molecule has 3 rings (SSSR count). The molecule has 1 atom stereocenters. The van der Waals surface area contributed by atoms with E-state index >= 15 is 0 Å². The minimum Gasteiger partial charge on any atom is -0.377 e. The standard InChI is InChI=1S/C19H29N3O2/c23-19(15-20-14-18-6-5-13-24-18)21-16-7-9-17(10-8-16)22-11-3-1-2-4-12-22/h7-10,18,20H,1-6,11-15H2,(H,21,23)/t18-/m0/s1. The van der Waals surface area contributed by atoms with E-state index in [0.29, 0.717) is 6.54 Å². The summed E-state index contributed by atoms with van der Waals surface area (Å²) in [6.07, 6.45) is 7.70. The Balaban J connectivity index is 1.42. The molecule has 0 spiro atoms. The van der Waals surface area contributed by atoms with Crippen LogP contribution in [-0.4, -0.2) is 44.8 Å². The lowest BCUT2D eigenvalue weighted by Gasteiger charge is -2.22. The highest BCUT2D eigenvalue weighted by Crippen LogP contribution is 2.21. The van der Waals surface area contributed by atoms with Crippen molar-refractivity contribution >= 4 is 17.3 Å². The van der Waals surface area contributed by atoms with Gasteiger partial charge in [-0.25, -0.2) is 0 Å². The van der Waals surface area contributed by atoms with Gasteiger partial charge in [0.25, 0.3) is 0 Å². The number of carbonyl (C=O) groups excluding carboxylic acids is 1. The maximum atomic E-state index is 12.0. The molecule has 2 saturated heterocycles. The Labute approximate surface area is 144 Å². The summed E-state index contributed by atoms with van der Waals surface area (Å²) in [5.74, 6) is -0.00415. The number of anilines is 2. The lowest BCUT2D eigenvalue weighted by atomic mass is 10.2. The molecule has 24 heavy (non-hydrogen) atoms. The number of carbonyl (C=O) groups is 1. The Bertz CT molecular complexity index is 504. The van der Waals surface area contributed by atoms with Crippen LogP contribution < -0.4 is 15.5 Å². The average molecular weight is 331 g/mol. The minimum atomic E-state index is -0.00415. The number of benzene rings is 1. The van der Waals surface area contributed by atoms with Crippen molar-refractivity contribution in [2.45, 2.75) is 44.6 Å². The third-order valence-corrected chi connectivity index (χ3v) is 4.80. The fourth-order valence-corrected chi connectivity index (χ4v) is 3.44. The Hall–Kier alpha value is -1.59. The molecule has 5 nitrogen and oxygen atoms in total. The van der Waals surface area contributed by atoms with E-state index in [-0.39, 0.29) is 12.0 Å². The van der Waals surface area contributed by atoms with E-state index in [9.17, 15) is 4.79 Å². The van der Waals surface area contributed by atoms with Gasteiger partial charge in [0.1, 0.15) is 0 Å². The van der Waals surface area contributed by atoms with Crippen LogP contribution in [0.3, 0.4) is 0 Å². The zero-order valence-corrected chi connectivity index (χ0v) is 14.4. The first kappa shape index (κ1) is 17.2. The molecule has 2 aliphatic heterocycles. The number of rotatable bonds is 6. The summed E-state index contributed by atoms with van der Waals surface area (Å²) in [7, 11) is 0. The fourth-order valence-electron chi connectivity index (χ4n) is 3.44. The topological polar surface area (TPSA) is 53.6 Å². The first-order valence-corrected chi connectivity index (χ1v) is 9.28. The summed E-state index contributed by atoms with van der Waals surface area (Å²) >= 11 is 0. The van der Waals surface area contributed by atoms with E-state index < -0.39 is 0 Å². The highest BCUT2D eigenvalue weighted by molar-refractivity contribution is 5.92. The highest BCUT2D eigenvalue weighted by Gasteiger charge is 2.15. The zero-order chi connectivity index (χ0) is 16.6. The van der Waals surface area contributed by atoms with Crippen molar-refractivity contribution in [2.75, 3.05) is 43.0 Å². The van der Waals surface area contributed by atoms with Gasteiger partial charge in [-0.05, 0) is 49.9 Å².